The first-order valence-corrected chi connectivity index (χ1v) is 9.66. The number of alkyl carbamates (subject to hydrolysis) is 1. The number of hydrogen-bond acceptors (Lipinski definition) is 5. The highest BCUT2D eigenvalue weighted by atomic mass is 35.5. The Morgan fingerprint density at radius 3 is 2.89 bits per heavy atom. The van der Waals surface area contributed by atoms with Gasteiger partial charge in [-0.1, -0.05) is 11.6 Å². The van der Waals surface area contributed by atoms with Crippen LogP contribution in [0.25, 0.3) is 5.82 Å². The number of halogens is 1. The maximum Gasteiger partial charge on any atom is 0.407 e. The Hall–Kier alpha value is -2.59. The molecule has 8 heteroatoms. The number of imidazole rings is 1. The highest BCUT2D eigenvalue weighted by Gasteiger charge is 2.57. The van der Waals surface area contributed by atoms with E-state index in [-0.39, 0.29) is 5.92 Å². The van der Waals surface area contributed by atoms with Crippen LogP contribution in [0.5, 0.6) is 0 Å². The zero-order valence-electron chi connectivity index (χ0n) is 16.3. The maximum atomic E-state index is 11.7. The molecule has 1 N–H and O–H groups in total. The number of rotatable bonds is 6. The molecule has 2 unspecified atom stereocenters. The number of amides is 1. The molecule has 2 atom stereocenters. The van der Waals surface area contributed by atoms with E-state index in [0.29, 0.717) is 17.4 Å². The summed E-state index contributed by atoms with van der Waals surface area (Å²) < 4.78 is 7.01. The van der Waals surface area contributed by atoms with E-state index >= 15 is 0 Å². The molecule has 0 bridgehead atoms. The molecule has 0 aromatic carbocycles. The third-order valence-electron chi connectivity index (χ3n) is 4.72. The second kappa shape index (κ2) is 7.80. The largest absolute Gasteiger partial charge is 0.444 e. The standard InChI is InChI=1S/C20H24ClN5O2/c1-19(2,3)28-18(27)23-8-4-5-14-9-20(14,12-22)16-11-26(13-25-16)17-7-6-15(21)10-24-17/h6-7,10-11,13-14H,4-5,8-9H2,1-3H3,(H,23,27). The van der Waals surface area contributed by atoms with Gasteiger partial charge in [-0.25, -0.2) is 14.8 Å². The van der Waals surface area contributed by atoms with E-state index in [2.05, 4.69) is 21.4 Å². The van der Waals surface area contributed by atoms with Gasteiger partial charge in [0.1, 0.15) is 23.2 Å². The summed E-state index contributed by atoms with van der Waals surface area (Å²) in [4.78, 5) is 20.4. The van der Waals surface area contributed by atoms with E-state index in [1.54, 1.807) is 29.2 Å². The lowest BCUT2D eigenvalue weighted by atomic mass is 9.99. The Morgan fingerprint density at radius 1 is 1.46 bits per heavy atom. The van der Waals surface area contributed by atoms with E-state index in [4.69, 9.17) is 16.3 Å². The average Bonchev–Trinajstić information content (AvgIpc) is 3.12. The third kappa shape index (κ3) is 4.63. The lowest BCUT2D eigenvalue weighted by molar-refractivity contribution is 0.0526. The van der Waals surface area contributed by atoms with Crippen molar-refractivity contribution in [2.24, 2.45) is 5.92 Å². The van der Waals surface area contributed by atoms with Crippen molar-refractivity contribution in [1.82, 2.24) is 19.9 Å². The normalized spacial score (nSPS) is 21.0. The highest BCUT2D eigenvalue weighted by molar-refractivity contribution is 6.30. The van der Waals surface area contributed by atoms with Crippen LogP contribution in [0.15, 0.2) is 30.9 Å². The predicted octanol–water partition coefficient (Wildman–Crippen LogP) is 4.01. The summed E-state index contributed by atoms with van der Waals surface area (Å²) in [5, 5.41) is 13.1. The second-order valence-electron chi connectivity index (χ2n) is 8.06. The number of nitrogens with one attached hydrogen (secondary N) is 1. The van der Waals surface area contributed by atoms with Crippen molar-refractivity contribution < 1.29 is 9.53 Å². The van der Waals surface area contributed by atoms with E-state index < -0.39 is 17.1 Å². The van der Waals surface area contributed by atoms with Crippen LogP contribution in [0.3, 0.4) is 0 Å². The summed E-state index contributed by atoms with van der Waals surface area (Å²) in [7, 11) is 0. The molecule has 1 amide bonds. The van der Waals surface area contributed by atoms with Crippen molar-refractivity contribution >= 4 is 17.7 Å². The zero-order chi connectivity index (χ0) is 20.4. The van der Waals surface area contributed by atoms with Crippen LogP contribution in [-0.2, 0) is 10.2 Å². The fourth-order valence-corrected chi connectivity index (χ4v) is 3.35. The number of hydrogen-bond donors (Lipinski definition) is 1. The molecule has 0 saturated heterocycles. The number of pyridine rings is 1. The molecule has 0 aliphatic heterocycles. The second-order valence-corrected chi connectivity index (χ2v) is 8.49. The van der Waals surface area contributed by atoms with E-state index in [0.717, 1.165) is 25.0 Å². The summed E-state index contributed by atoms with van der Waals surface area (Å²) in [6.45, 7) is 6.01. The van der Waals surface area contributed by atoms with Crippen molar-refractivity contribution in [2.75, 3.05) is 6.54 Å². The lowest BCUT2D eigenvalue weighted by Crippen LogP contribution is -2.33. The fourth-order valence-electron chi connectivity index (χ4n) is 3.24. The molecular weight excluding hydrogens is 378 g/mol. The topological polar surface area (TPSA) is 92.8 Å². The summed E-state index contributed by atoms with van der Waals surface area (Å²) in [6, 6.07) is 6.01. The Bertz CT molecular complexity index is 881. The smallest absolute Gasteiger partial charge is 0.407 e. The highest BCUT2D eigenvalue weighted by Crippen LogP contribution is 2.55. The molecule has 0 spiro atoms. The first-order chi connectivity index (χ1) is 13.2. The molecule has 7 nitrogen and oxygen atoms in total. The molecule has 2 aromatic heterocycles. The molecule has 1 aliphatic carbocycles. The quantitative estimate of drug-likeness (QED) is 0.738. The summed E-state index contributed by atoms with van der Waals surface area (Å²) in [6.07, 6.45) is 7.10. The van der Waals surface area contributed by atoms with Gasteiger partial charge in [0.05, 0.1) is 16.8 Å². The molecular formula is C20H24ClN5O2. The summed E-state index contributed by atoms with van der Waals surface area (Å²) in [5.74, 6) is 0.939. The Kier molecular flexibility index (Phi) is 5.61. The van der Waals surface area contributed by atoms with E-state index in [9.17, 15) is 10.1 Å². The Morgan fingerprint density at radius 2 is 2.25 bits per heavy atom. The molecule has 148 valence electrons. The van der Waals surface area contributed by atoms with Gasteiger partial charge < -0.3 is 10.1 Å². The number of carbonyl (C=O) groups is 1. The minimum atomic E-state index is -0.552. The maximum absolute atomic E-state index is 11.7. The zero-order valence-corrected chi connectivity index (χ0v) is 17.0. The number of nitriles is 1. The Labute approximate surface area is 169 Å². The fraction of sp³-hybridized carbons (Fsp3) is 0.500. The van der Waals surface area contributed by atoms with Gasteiger partial charge in [0.2, 0.25) is 0 Å². The van der Waals surface area contributed by atoms with Crippen LogP contribution in [0, 0.1) is 17.2 Å². The van der Waals surface area contributed by atoms with Gasteiger partial charge in [-0.2, -0.15) is 5.26 Å². The van der Waals surface area contributed by atoms with Gasteiger partial charge in [0.15, 0.2) is 0 Å². The first-order valence-electron chi connectivity index (χ1n) is 9.28. The van der Waals surface area contributed by atoms with Crippen LogP contribution in [0.1, 0.15) is 45.7 Å². The van der Waals surface area contributed by atoms with Gasteiger partial charge >= 0.3 is 6.09 Å². The van der Waals surface area contributed by atoms with E-state index in [1.165, 1.54) is 0 Å². The van der Waals surface area contributed by atoms with Crippen LogP contribution in [0.4, 0.5) is 4.79 Å². The monoisotopic (exact) mass is 401 g/mol. The van der Waals surface area contributed by atoms with Gasteiger partial charge in [-0.15, -0.1) is 0 Å². The first kappa shape index (κ1) is 20.2. The van der Waals surface area contributed by atoms with Crippen LogP contribution in [-0.4, -0.2) is 32.8 Å². The lowest BCUT2D eigenvalue weighted by Gasteiger charge is -2.19. The summed E-state index contributed by atoms with van der Waals surface area (Å²) >= 11 is 5.88. The molecule has 2 heterocycles. The van der Waals surface area contributed by atoms with Crippen LogP contribution in [0.2, 0.25) is 5.02 Å². The molecule has 1 aliphatic rings. The van der Waals surface area contributed by atoms with Gasteiger partial charge in [-0.05, 0) is 58.1 Å². The summed E-state index contributed by atoms with van der Waals surface area (Å²) in [5.41, 5.74) is -0.297. The molecule has 0 radical (unpaired) electrons. The molecule has 3 rings (SSSR count). The SMILES string of the molecule is CC(C)(C)OC(=O)NCCCC1CC1(C#N)c1cn(-c2ccc(Cl)cn2)cn1. The van der Waals surface area contributed by atoms with E-state index in [1.807, 2.05) is 27.0 Å². The van der Waals surface area contributed by atoms with Crippen molar-refractivity contribution in [1.29, 1.82) is 5.26 Å². The van der Waals surface area contributed by atoms with Gasteiger partial charge in [0.25, 0.3) is 0 Å². The van der Waals surface area contributed by atoms with Crippen molar-refractivity contribution in [2.45, 2.75) is 51.0 Å². The number of aromatic nitrogens is 3. The minimum absolute atomic E-state index is 0.236. The van der Waals surface area contributed by atoms with Crippen LogP contribution < -0.4 is 5.32 Å². The Balaban J connectivity index is 1.53. The average molecular weight is 402 g/mol. The minimum Gasteiger partial charge on any atom is -0.444 e. The van der Waals surface area contributed by atoms with Gasteiger partial charge in [0, 0.05) is 18.9 Å². The molecule has 28 heavy (non-hydrogen) atoms. The van der Waals surface area contributed by atoms with Crippen molar-refractivity contribution in [3.63, 3.8) is 0 Å². The van der Waals surface area contributed by atoms with Crippen molar-refractivity contribution in [3.05, 3.63) is 41.6 Å². The third-order valence-corrected chi connectivity index (χ3v) is 4.94. The molecule has 2 aromatic rings. The van der Waals surface area contributed by atoms with Crippen molar-refractivity contribution in [3.8, 4) is 11.9 Å². The number of nitrogens with zero attached hydrogens (tertiary/aromatic N) is 4. The van der Waals surface area contributed by atoms with Crippen LogP contribution >= 0.6 is 11.6 Å². The number of carbonyl (C=O) groups excluding carboxylic acids is 1. The molecule has 1 saturated carbocycles. The number of ether oxygens (including phenoxy) is 1. The predicted molar refractivity (Wildman–Crippen MR) is 105 cm³/mol. The van der Waals surface area contributed by atoms with Gasteiger partial charge in [-0.3, -0.25) is 4.57 Å². The molecule has 1 fully saturated rings.